The van der Waals surface area contributed by atoms with Crippen molar-refractivity contribution in [3.63, 3.8) is 0 Å². The Morgan fingerprint density at radius 1 is 1.03 bits per heavy atom. The van der Waals surface area contributed by atoms with E-state index in [4.69, 9.17) is 0 Å². The van der Waals surface area contributed by atoms with Crippen molar-refractivity contribution in [3.05, 3.63) is 63.6 Å². The number of phenolic OH excluding ortho intramolecular Hbond substituents is 1. The van der Waals surface area contributed by atoms with Gasteiger partial charge in [0.1, 0.15) is 12.3 Å². The molecule has 1 aliphatic heterocycles. The quantitative estimate of drug-likeness (QED) is 0.527. The van der Waals surface area contributed by atoms with Gasteiger partial charge in [0, 0.05) is 16.8 Å². The molecule has 2 aromatic rings. The Morgan fingerprint density at radius 2 is 1.62 bits per heavy atom. The second-order valence-electron chi connectivity index (χ2n) is 10.7. The molecular weight excluding hydrogens is 448 g/mol. The zero-order chi connectivity index (χ0) is 25.4. The fraction of sp³-hybridized carbons (Fsp3) is 0.370. The van der Waals surface area contributed by atoms with Gasteiger partial charge in [0.2, 0.25) is 5.91 Å². The molecule has 0 aliphatic carbocycles. The number of carbonyl (C=O) groups is 3. The summed E-state index contributed by atoms with van der Waals surface area (Å²) in [4.78, 5) is 39.2. The fourth-order valence-corrected chi connectivity index (χ4v) is 4.58. The topological polar surface area (TPSA) is 86.7 Å². The minimum Gasteiger partial charge on any atom is -0.507 e. The molecule has 0 atom stereocenters. The number of rotatable bonds is 4. The Labute approximate surface area is 205 Å². The molecule has 1 fully saturated rings. The first-order chi connectivity index (χ1) is 15.7. The van der Waals surface area contributed by atoms with Gasteiger partial charge in [-0.05, 0) is 71.0 Å². The molecule has 34 heavy (non-hydrogen) atoms. The molecule has 1 heterocycles. The van der Waals surface area contributed by atoms with Crippen molar-refractivity contribution in [2.75, 3.05) is 11.9 Å². The van der Waals surface area contributed by atoms with Crippen molar-refractivity contribution >= 4 is 40.6 Å². The molecule has 180 valence electrons. The van der Waals surface area contributed by atoms with Crippen LogP contribution in [-0.4, -0.2) is 33.6 Å². The van der Waals surface area contributed by atoms with Crippen molar-refractivity contribution < 1.29 is 19.5 Å². The van der Waals surface area contributed by atoms with E-state index in [0.29, 0.717) is 5.69 Å². The standard InChI is InChI=1S/C27H32N2O4S/c1-16-9-8-10-18(11-16)28-22(30)15-29-24(32)21(34-25(29)33)14-17-12-19(26(2,3)4)23(31)20(13-17)27(5,6)7/h8-14,31H,15H2,1-7H3,(H,28,30)/b21-14-. The first kappa shape index (κ1) is 25.6. The zero-order valence-electron chi connectivity index (χ0n) is 20.8. The van der Waals surface area contributed by atoms with Gasteiger partial charge in [-0.1, -0.05) is 53.7 Å². The second kappa shape index (κ2) is 9.29. The average molecular weight is 481 g/mol. The van der Waals surface area contributed by atoms with Crippen LogP contribution in [0.15, 0.2) is 41.3 Å². The predicted octanol–water partition coefficient (Wildman–Crippen LogP) is 5.97. The number of nitrogens with one attached hydrogen (secondary N) is 1. The van der Waals surface area contributed by atoms with E-state index in [9.17, 15) is 19.5 Å². The molecule has 0 bridgehead atoms. The third-order valence-electron chi connectivity index (χ3n) is 5.52. The van der Waals surface area contributed by atoms with Gasteiger partial charge in [0.25, 0.3) is 11.1 Å². The summed E-state index contributed by atoms with van der Waals surface area (Å²) in [7, 11) is 0. The number of hydrogen-bond acceptors (Lipinski definition) is 5. The third-order valence-corrected chi connectivity index (χ3v) is 6.43. The van der Waals surface area contributed by atoms with Crippen molar-refractivity contribution in [2.45, 2.75) is 59.3 Å². The number of hydrogen-bond donors (Lipinski definition) is 2. The number of aryl methyl sites for hydroxylation is 1. The van der Waals surface area contributed by atoms with Crippen LogP contribution in [0.1, 0.15) is 63.8 Å². The van der Waals surface area contributed by atoms with Gasteiger partial charge in [0.15, 0.2) is 0 Å². The molecule has 3 amide bonds. The summed E-state index contributed by atoms with van der Waals surface area (Å²) in [6.45, 7) is 13.6. The largest absolute Gasteiger partial charge is 0.507 e. The first-order valence-corrected chi connectivity index (χ1v) is 12.0. The van der Waals surface area contributed by atoms with Gasteiger partial charge in [-0.25, -0.2) is 0 Å². The van der Waals surface area contributed by atoms with E-state index in [0.717, 1.165) is 38.9 Å². The number of nitrogens with zero attached hydrogens (tertiary/aromatic N) is 1. The maximum absolute atomic E-state index is 13.0. The molecule has 7 heteroatoms. The lowest BCUT2D eigenvalue weighted by molar-refractivity contribution is -0.127. The molecule has 3 rings (SSSR count). The first-order valence-electron chi connectivity index (χ1n) is 11.2. The maximum atomic E-state index is 13.0. The monoisotopic (exact) mass is 480 g/mol. The van der Waals surface area contributed by atoms with E-state index < -0.39 is 17.1 Å². The number of aromatic hydroxyl groups is 1. The number of thioether (sulfide) groups is 1. The van der Waals surface area contributed by atoms with E-state index in [-0.39, 0.29) is 28.0 Å². The number of imide groups is 1. The highest BCUT2D eigenvalue weighted by Crippen LogP contribution is 2.41. The van der Waals surface area contributed by atoms with E-state index in [1.54, 1.807) is 12.1 Å². The normalized spacial score (nSPS) is 15.9. The van der Waals surface area contributed by atoms with Crippen LogP contribution in [0.25, 0.3) is 6.08 Å². The number of phenols is 1. The molecular formula is C27H32N2O4S. The number of anilines is 1. The zero-order valence-corrected chi connectivity index (χ0v) is 21.6. The van der Waals surface area contributed by atoms with Crippen LogP contribution >= 0.6 is 11.8 Å². The number of benzene rings is 2. The van der Waals surface area contributed by atoms with Crippen LogP contribution < -0.4 is 5.32 Å². The average Bonchev–Trinajstić information content (AvgIpc) is 2.94. The van der Waals surface area contributed by atoms with E-state index in [2.05, 4.69) is 5.32 Å². The van der Waals surface area contributed by atoms with Crippen molar-refractivity contribution in [3.8, 4) is 5.75 Å². The summed E-state index contributed by atoms with van der Waals surface area (Å²) in [5, 5.41) is 13.2. The van der Waals surface area contributed by atoms with Gasteiger partial charge in [-0.2, -0.15) is 0 Å². The van der Waals surface area contributed by atoms with E-state index in [1.165, 1.54) is 0 Å². The predicted molar refractivity (Wildman–Crippen MR) is 138 cm³/mol. The van der Waals surface area contributed by atoms with E-state index >= 15 is 0 Å². The third kappa shape index (κ3) is 5.70. The Balaban J connectivity index is 1.88. The molecule has 1 aliphatic rings. The summed E-state index contributed by atoms with van der Waals surface area (Å²) in [5.41, 5.74) is 3.22. The molecule has 0 aromatic heterocycles. The van der Waals surface area contributed by atoms with Crippen LogP contribution in [0.4, 0.5) is 10.5 Å². The van der Waals surface area contributed by atoms with Crippen molar-refractivity contribution in [2.24, 2.45) is 0 Å². The van der Waals surface area contributed by atoms with Crippen molar-refractivity contribution in [1.29, 1.82) is 0 Å². The lowest BCUT2D eigenvalue weighted by Gasteiger charge is -2.28. The molecule has 0 radical (unpaired) electrons. The van der Waals surface area contributed by atoms with Gasteiger partial charge >= 0.3 is 0 Å². The lowest BCUT2D eigenvalue weighted by Crippen LogP contribution is -2.36. The fourth-order valence-electron chi connectivity index (χ4n) is 3.74. The smallest absolute Gasteiger partial charge is 0.294 e. The minimum absolute atomic E-state index is 0.248. The molecule has 6 nitrogen and oxygen atoms in total. The summed E-state index contributed by atoms with van der Waals surface area (Å²) in [5.74, 6) is -0.695. The lowest BCUT2D eigenvalue weighted by atomic mass is 9.78. The summed E-state index contributed by atoms with van der Waals surface area (Å²) >= 11 is 0.814. The molecule has 1 saturated heterocycles. The summed E-state index contributed by atoms with van der Waals surface area (Å²) < 4.78 is 0. The summed E-state index contributed by atoms with van der Waals surface area (Å²) in [6.07, 6.45) is 1.66. The Bertz CT molecular complexity index is 1150. The van der Waals surface area contributed by atoms with Crippen LogP contribution in [0, 0.1) is 6.92 Å². The Hall–Kier alpha value is -3.06. The van der Waals surface area contributed by atoms with Gasteiger partial charge in [-0.3, -0.25) is 19.3 Å². The van der Waals surface area contributed by atoms with Crippen LogP contribution in [0.5, 0.6) is 5.75 Å². The highest BCUT2D eigenvalue weighted by Gasteiger charge is 2.36. The van der Waals surface area contributed by atoms with Crippen LogP contribution in [0.3, 0.4) is 0 Å². The number of carbonyl (C=O) groups excluding carboxylic acids is 3. The molecule has 0 saturated carbocycles. The van der Waals surface area contributed by atoms with Crippen molar-refractivity contribution in [1.82, 2.24) is 4.90 Å². The van der Waals surface area contributed by atoms with Gasteiger partial charge < -0.3 is 10.4 Å². The maximum Gasteiger partial charge on any atom is 0.294 e. The van der Waals surface area contributed by atoms with E-state index in [1.807, 2.05) is 78.8 Å². The van der Waals surface area contributed by atoms with Crippen LogP contribution in [0.2, 0.25) is 0 Å². The molecule has 2 aromatic carbocycles. The number of amides is 3. The Morgan fingerprint density at radius 3 is 2.15 bits per heavy atom. The van der Waals surface area contributed by atoms with Crippen LogP contribution in [-0.2, 0) is 20.4 Å². The highest BCUT2D eigenvalue weighted by atomic mass is 32.2. The van der Waals surface area contributed by atoms with Gasteiger partial charge in [0.05, 0.1) is 4.91 Å². The molecule has 0 spiro atoms. The summed E-state index contributed by atoms with van der Waals surface area (Å²) in [6, 6.07) is 11.0. The Kier molecular flexibility index (Phi) is 6.99. The molecule has 0 unspecified atom stereocenters. The highest BCUT2D eigenvalue weighted by molar-refractivity contribution is 8.18. The van der Waals surface area contributed by atoms with Gasteiger partial charge in [-0.15, -0.1) is 0 Å². The molecule has 2 N–H and O–H groups in total. The minimum atomic E-state index is -0.503. The second-order valence-corrected chi connectivity index (χ2v) is 11.6. The SMILES string of the molecule is Cc1cccc(NC(=O)CN2C(=O)S/C(=C\c3cc(C(C)(C)C)c(O)c(C(C)(C)C)c3)C2=O)c1.